The molecule has 0 fully saturated rings. The molecule has 23 heavy (non-hydrogen) atoms. The van der Waals surface area contributed by atoms with Gasteiger partial charge in [-0.2, -0.15) is 0 Å². The van der Waals surface area contributed by atoms with E-state index in [4.69, 9.17) is 15.3 Å². The zero-order chi connectivity index (χ0) is 16.3. The lowest BCUT2D eigenvalue weighted by atomic mass is 10.1. The monoisotopic (exact) mass is 346 g/mol. The number of rotatable bonds is 12. The maximum Gasteiger partial charge on any atom is 0.160 e. The van der Waals surface area contributed by atoms with Gasteiger partial charge in [0.15, 0.2) is 6.54 Å². The Bertz CT molecular complexity index is 409. The Morgan fingerprint density at radius 2 is 1.30 bits per heavy atom. The standard InChI is InChI=1S/C15H27N4O3.ClH/c1-2-14-3-5-15(6-4-14)13-19(16-7-10-20,17-8-11-21)18-9-12-22;/h2-6,16-18,20-22H,1,7-13H2;1H/q+1;/p-1. The van der Waals surface area contributed by atoms with E-state index in [0.717, 1.165) is 11.1 Å². The van der Waals surface area contributed by atoms with E-state index in [1.54, 1.807) is 6.08 Å². The van der Waals surface area contributed by atoms with E-state index in [2.05, 4.69) is 22.9 Å². The molecule has 132 valence electrons. The van der Waals surface area contributed by atoms with E-state index in [0.29, 0.717) is 26.2 Å². The molecule has 0 unspecified atom stereocenters. The first-order valence-electron chi connectivity index (χ1n) is 7.37. The molecule has 0 saturated carbocycles. The molecule has 0 amide bonds. The molecule has 0 aliphatic heterocycles. The van der Waals surface area contributed by atoms with Gasteiger partial charge in [0.1, 0.15) is 0 Å². The number of aliphatic hydroxyl groups excluding tert-OH is 3. The van der Waals surface area contributed by atoms with Crippen LogP contribution in [0.3, 0.4) is 0 Å². The van der Waals surface area contributed by atoms with E-state index in [9.17, 15) is 0 Å². The summed E-state index contributed by atoms with van der Waals surface area (Å²) in [6.07, 6.45) is 1.78. The molecule has 7 nitrogen and oxygen atoms in total. The van der Waals surface area contributed by atoms with Crippen molar-refractivity contribution in [2.24, 2.45) is 0 Å². The van der Waals surface area contributed by atoms with Crippen LogP contribution in [0.2, 0.25) is 0 Å². The maximum absolute atomic E-state index is 9.08. The SMILES string of the molecule is C=Cc1ccc(C[N+](NCCO)(NCCO)NCCO)cc1.[Cl-]. The van der Waals surface area contributed by atoms with Gasteiger partial charge >= 0.3 is 0 Å². The molecule has 0 bridgehead atoms. The minimum Gasteiger partial charge on any atom is -1.00 e. The number of halogens is 1. The summed E-state index contributed by atoms with van der Waals surface area (Å²) in [5.74, 6) is 0. The number of nitrogens with zero attached hydrogens (tertiary/aromatic N) is 1. The second kappa shape index (κ2) is 12.4. The van der Waals surface area contributed by atoms with Gasteiger partial charge in [0, 0.05) is 5.56 Å². The van der Waals surface area contributed by atoms with Gasteiger partial charge in [-0.15, -0.1) is 16.3 Å². The van der Waals surface area contributed by atoms with Crippen molar-refractivity contribution < 1.29 is 32.5 Å². The summed E-state index contributed by atoms with van der Waals surface area (Å²) < 4.78 is 0. The van der Waals surface area contributed by atoms with Crippen molar-refractivity contribution in [3.8, 4) is 0 Å². The van der Waals surface area contributed by atoms with Gasteiger partial charge in [0.05, 0.1) is 39.5 Å². The van der Waals surface area contributed by atoms with Gasteiger partial charge in [-0.3, -0.25) is 0 Å². The van der Waals surface area contributed by atoms with Crippen LogP contribution in [0.5, 0.6) is 0 Å². The highest BCUT2D eigenvalue weighted by molar-refractivity contribution is 5.47. The molecule has 1 aromatic carbocycles. The van der Waals surface area contributed by atoms with Crippen LogP contribution >= 0.6 is 0 Å². The highest BCUT2D eigenvalue weighted by atomic mass is 35.5. The fraction of sp³-hybridized carbons (Fsp3) is 0.467. The second-order valence-corrected chi connectivity index (χ2v) is 4.81. The molecule has 0 aliphatic carbocycles. The van der Waals surface area contributed by atoms with E-state index < -0.39 is 0 Å². The molecular weight excluding hydrogens is 320 g/mol. The summed E-state index contributed by atoms with van der Waals surface area (Å²) in [5.41, 5.74) is 11.5. The Kier molecular flexibility index (Phi) is 11.8. The first kappa shape index (κ1) is 22.0. The Hall–Kier alpha value is -1.03. The van der Waals surface area contributed by atoms with Crippen LogP contribution in [0.1, 0.15) is 11.1 Å². The number of quaternary nitrogens is 1. The number of aliphatic hydroxyl groups is 3. The number of hydrogen-bond donors (Lipinski definition) is 6. The van der Waals surface area contributed by atoms with Crippen molar-refractivity contribution in [3.63, 3.8) is 0 Å². The van der Waals surface area contributed by atoms with Gasteiger partial charge in [0.2, 0.25) is 0 Å². The van der Waals surface area contributed by atoms with Crippen LogP contribution in [-0.4, -0.2) is 59.6 Å². The average molecular weight is 347 g/mol. The van der Waals surface area contributed by atoms with Gasteiger partial charge in [-0.25, -0.2) is 0 Å². The van der Waals surface area contributed by atoms with E-state index in [1.165, 1.54) is 0 Å². The lowest BCUT2D eigenvalue weighted by molar-refractivity contribution is -1.06. The molecular formula is C15H27ClN4O3. The number of benzene rings is 1. The third kappa shape index (κ3) is 7.87. The molecule has 0 heterocycles. The molecule has 8 heteroatoms. The van der Waals surface area contributed by atoms with Crippen molar-refractivity contribution in [1.82, 2.24) is 16.3 Å². The van der Waals surface area contributed by atoms with E-state index in [-0.39, 0.29) is 37.0 Å². The first-order chi connectivity index (χ1) is 10.7. The zero-order valence-corrected chi connectivity index (χ0v) is 14.0. The molecule has 0 saturated heterocycles. The van der Waals surface area contributed by atoms with Gasteiger partial charge in [-0.05, 0) is 5.56 Å². The smallest absolute Gasteiger partial charge is 0.160 e. The zero-order valence-electron chi connectivity index (χ0n) is 13.2. The Morgan fingerprint density at radius 3 is 1.65 bits per heavy atom. The molecule has 1 rings (SSSR count). The number of hydrogen-bond acceptors (Lipinski definition) is 6. The normalized spacial score (nSPS) is 11.1. The van der Waals surface area contributed by atoms with Crippen LogP contribution in [0.25, 0.3) is 6.08 Å². The Morgan fingerprint density at radius 1 is 0.870 bits per heavy atom. The number of nitrogens with one attached hydrogen (secondary N) is 3. The van der Waals surface area contributed by atoms with Crippen LogP contribution in [0.4, 0.5) is 0 Å². The summed E-state index contributed by atoms with van der Waals surface area (Å²) in [6.45, 7) is 5.30. The maximum atomic E-state index is 9.08. The van der Waals surface area contributed by atoms with Gasteiger partial charge in [0.25, 0.3) is 0 Å². The second-order valence-electron chi connectivity index (χ2n) is 4.81. The molecule has 6 N–H and O–H groups in total. The van der Waals surface area contributed by atoms with Crippen molar-refractivity contribution in [3.05, 3.63) is 42.0 Å². The van der Waals surface area contributed by atoms with Gasteiger partial charge < -0.3 is 27.7 Å². The van der Waals surface area contributed by atoms with Crippen molar-refractivity contribution >= 4 is 6.08 Å². The third-order valence-electron chi connectivity index (χ3n) is 3.12. The lowest BCUT2D eigenvalue weighted by Crippen LogP contribution is -3.00. The molecule has 1 aromatic rings. The fourth-order valence-electron chi connectivity index (χ4n) is 2.09. The predicted octanol–water partition coefficient (Wildman–Crippen LogP) is -3.86. The van der Waals surface area contributed by atoms with Crippen molar-refractivity contribution in [1.29, 1.82) is 0 Å². The van der Waals surface area contributed by atoms with Crippen molar-refractivity contribution in [2.75, 3.05) is 39.5 Å². The topological polar surface area (TPSA) is 96.8 Å². The Balaban J connectivity index is 0.00000484. The highest BCUT2D eigenvalue weighted by Crippen LogP contribution is 2.10. The summed E-state index contributed by atoms with van der Waals surface area (Å²) in [7, 11) is 0. The summed E-state index contributed by atoms with van der Waals surface area (Å²) in [4.78, 5) is 0.0507. The first-order valence-corrected chi connectivity index (χ1v) is 7.37. The molecule has 0 atom stereocenters. The lowest BCUT2D eigenvalue weighted by Gasteiger charge is -2.36. The van der Waals surface area contributed by atoms with Crippen LogP contribution in [0, 0.1) is 0 Å². The quantitative estimate of drug-likeness (QED) is 0.171. The molecule has 0 aliphatic rings. The average Bonchev–Trinajstić information content (AvgIpc) is 2.56. The molecule has 0 radical (unpaired) electrons. The summed E-state index contributed by atoms with van der Waals surface area (Å²) >= 11 is 0. The van der Waals surface area contributed by atoms with Crippen LogP contribution < -0.4 is 28.7 Å². The van der Waals surface area contributed by atoms with E-state index in [1.807, 2.05) is 24.3 Å². The van der Waals surface area contributed by atoms with Crippen LogP contribution in [-0.2, 0) is 6.54 Å². The van der Waals surface area contributed by atoms with E-state index >= 15 is 0 Å². The third-order valence-corrected chi connectivity index (χ3v) is 3.12. The predicted molar refractivity (Wildman–Crippen MR) is 85.8 cm³/mol. The molecule has 0 spiro atoms. The van der Waals surface area contributed by atoms with Crippen LogP contribution in [0.15, 0.2) is 30.8 Å². The minimum absolute atomic E-state index is 0. The fourth-order valence-corrected chi connectivity index (χ4v) is 2.09. The van der Waals surface area contributed by atoms with Gasteiger partial charge in [-0.1, -0.05) is 41.7 Å². The highest BCUT2D eigenvalue weighted by Gasteiger charge is 2.28. The summed E-state index contributed by atoms with van der Waals surface area (Å²) in [6, 6.07) is 7.93. The molecule has 0 aromatic heterocycles. The summed E-state index contributed by atoms with van der Waals surface area (Å²) in [5, 5.41) is 27.2. The Labute approximate surface area is 143 Å². The van der Waals surface area contributed by atoms with Crippen molar-refractivity contribution in [2.45, 2.75) is 6.54 Å². The minimum atomic E-state index is -0.0169. The largest absolute Gasteiger partial charge is 1.00 e.